The number of nitrogens with zero attached hydrogens (tertiary/aromatic N) is 2. The van der Waals surface area contributed by atoms with Gasteiger partial charge in [0, 0.05) is 42.7 Å². The molecule has 0 radical (unpaired) electrons. The second-order valence-electron chi connectivity index (χ2n) is 7.24. The smallest absolute Gasteiger partial charge is 0.269 e. The highest BCUT2D eigenvalue weighted by Gasteiger charge is 2.24. The fourth-order valence-corrected chi connectivity index (χ4v) is 4.12. The van der Waals surface area contributed by atoms with E-state index in [4.69, 9.17) is 33.7 Å². The number of aryl methyl sites for hydroxylation is 1. The van der Waals surface area contributed by atoms with Crippen LogP contribution in [0.1, 0.15) is 39.4 Å². The number of rotatable bonds is 7. The van der Waals surface area contributed by atoms with Crippen molar-refractivity contribution in [3.8, 4) is 5.88 Å². The largest absolute Gasteiger partial charge is 0.461 e. The molecule has 1 unspecified atom stereocenters. The summed E-state index contributed by atoms with van der Waals surface area (Å²) < 4.78 is 17.4. The van der Waals surface area contributed by atoms with E-state index in [1.54, 1.807) is 6.92 Å². The Morgan fingerprint density at radius 2 is 2.00 bits per heavy atom. The van der Waals surface area contributed by atoms with Crippen molar-refractivity contribution in [2.75, 3.05) is 26.1 Å². The number of primary amides is 1. The van der Waals surface area contributed by atoms with E-state index in [0.29, 0.717) is 23.8 Å². The van der Waals surface area contributed by atoms with E-state index in [2.05, 4.69) is 15.3 Å². The number of nitrogens with one attached hydrogen (secondary N) is 2. The van der Waals surface area contributed by atoms with Crippen molar-refractivity contribution in [3.63, 3.8) is 0 Å². The number of H-pyrrole nitrogens is 1. The van der Waals surface area contributed by atoms with Crippen LogP contribution in [0.15, 0.2) is 17.2 Å². The van der Waals surface area contributed by atoms with Gasteiger partial charge in [0.15, 0.2) is 0 Å². The summed E-state index contributed by atoms with van der Waals surface area (Å²) in [5, 5.41) is 3.77. The van der Waals surface area contributed by atoms with Gasteiger partial charge >= 0.3 is 0 Å². The normalized spacial score (nSPS) is 16.1. The highest BCUT2D eigenvalue weighted by atomic mass is 35.5. The van der Waals surface area contributed by atoms with Gasteiger partial charge in [0.25, 0.3) is 5.91 Å². The average Bonchev–Trinajstić information content (AvgIpc) is 3.00. The summed E-state index contributed by atoms with van der Waals surface area (Å²) in [6.07, 6.45) is 2.91. The summed E-state index contributed by atoms with van der Waals surface area (Å²) in [5.74, 6) is -0.748. The number of pyridine rings is 1. The summed E-state index contributed by atoms with van der Waals surface area (Å²) in [4.78, 5) is 33.1. The van der Waals surface area contributed by atoms with Crippen LogP contribution in [0.25, 0.3) is 0 Å². The van der Waals surface area contributed by atoms with Crippen molar-refractivity contribution in [2.24, 2.45) is 5.73 Å². The molecule has 4 N–H and O–H groups in total. The predicted octanol–water partition coefficient (Wildman–Crippen LogP) is 2.09. The Morgan fingerprint density at radius 3 is 2.55 bits per heavy atom. The second kappa shape index (κ2) is 9.99. The van der Waals surface area contributed by atoms with Crippen LogP contribution >= 0.6 is 23.2 Å². The van der Waals surface area contributed by atoms with Crippen molar-refractivity contribution < 1.29 is 18.5 Å². The SMILES string of the molecule is Cc1[nH]c(C(=O)NC2CCN(COc3cc(C(N)=O)cc(S(C)=O)n3)CC2)c(Cl)c1Cl. The molecule has 3 rings (SSSR count). The minimum atomic E-state index is -1.38. The summed E-state index contributed by atoms with van der Waals surface area (Å²) in [6.45, 7) is 3.36. The number of carbonyl (C=O) groups excluding carboxylic acids is 2. The molecule has 0 aromatic carbocycles. The Morgan fingerprint density at radius 1 is 1.32 bits per heavy atom. The van der Waals surface area contributed by atoms with Gasteiger partial charge in [-0.2, -0.15) is 0 Å². The topological polar surface area (TPSA) is 130 Å². The maximum Gasteiger partial charge on any atom is 0.269 e. The van der Waals surface area contributed by atoms with E-state index in [-0.39, 0.29) is 45.9 Å². The van der Waals surface area contributed by atoms with Crippen LogP contribution < -0.4 is 15.8 Å². The monoisotopic (exact) mass is 487 g/mol. The quantitative estimate of drug-likeness (QED) is 0.547. The first-order valence-corrected chi connectivity index (χ1v) is 11.8. The van der Waals surface area contributed by atoms with Crippen LogP contribution in [-0.4, -0.2) is 63.0 Å². The van der Waals surface area contributed by atoms with Gasteiger partial charge in [-0.05, 0) is 25.8 Å². The lowest BCUT2D eigenvalue weighted by Crippen LogP contribution is -2.45. The van der Waals surface area contributed by atoms with E-state index in [0.717, 1.165) is 12.8 Å². The van der Waals surface area contributed by atoms with Crippen LogP contribution in [0.5, 0.6) is 5.88 Å². The molecule has 0 bridgehead atoms. The van der Waals surface area contributed by atoms with Crippen molar-refractivity contribution in [2.45, 2.75) is 30.8 Å². The number of hydrogen-bond acceptors (Lipinski definition) is 6. The Hall–Kier alpha value is -2.14. The molecule has 2 amide bonds. The first kappa shape index (κ1) is 23.5. The van der Waals surface area contributed by atoms with E-state index in [9.17, 15) is 13.8 Å². The van der Waals surface area contributed by atoms with Gasteiger partial charge in [0.05, 0.1) is 20.8 Å². The number of ether oxygens (including phenoxy) is 1. The fourth-order valence-electron chi connectivity index (χ4n) is 3.19. The molecule has 12 heteroatoms. The standard InChI is InChI=1S/C19H23Cl2N5O4S/c1-10-15(20)16(21)17(23-10)19(28)24-12-3-5-26(6-4-12)9-30-13-7-11(18(22)27)8-14(25-13)31(2)29/h7-8,12,23H,3-6,9H2,1-2H3,(H2,22,27)(H,24,28). The number of halogens is 2. The molecule has 1 aliphatic rings. The molecule has 1 atom stereocenters. The van der Waals surface area contributed by atoms with Crippen LogP contribution in [0.2, 0.25) is 10.0 Å². The summed E-state index contributed by atoms with van der Waals surface area (Å²) in [6, 6.07) is 2.82. The third-order valence-corrected chi connectivity index (χ3v) is 6.70. The van der Waals surface area contributed by atoms with Crippen LogP contribution in [-0.2, 0) is 10.8 Å². The molecule has 1 fully saturated rings. The van der Waals surface area contributed by atoms with Crippen LogP contribution in [0.4, 0.5) is 0 Å². The molecule has 31 heavy (non-hydrogen) atoms. The van der Waals surface area contributed by atoms with Crippen molar-refractivity contribution in [1.29, 1.82) is 0 Å². The van der Waals surface area contributed by atoms with Gasteiger partial charge in [-0.3, -0.25) is 18.7 Å². The Kier molecular flexibility index (Phi) is 7.58. The first-order chi connectivity index (χ1) is 14.7. The molecule has 2 aromatic heterocycles. The molecule has 0 spiro atoms. The van der Waals surface area contributed by atoms with E-state index in [1.165, 1.54) is 18.4 Å². The first-order valence-electron chi connectivity index (χ1n) is 9.50. The average molecular weight is 488 g/mol. The molecule has 9 nitrogen and oxygen atoms in total. The number of aromatic nitrogens is 2. The second-order valence-corrected chi connectivity index (χ2v) is 9.33. The van der Waals surface area contributed by atoms with Gasteiger partial charge in [0.2, 0.25) is 11.8 Å². The number of likely N-dealkylation sites (tertiary alicyclic amines) is 1. The molecule has 1 aliphatic heterocycles. The molecule has 3 heterocycles. The van der Waals surface area contributed by atoms with Gasteiger partial charge in [-0.25, -0.2) is 4.98 Å². The predicted molar refractivity (Wildman–Crippen MR) is 118 cm³/mol. The zero-order chi connectivity index (χ0) is 22.7. The summed E-state index contributed by atoms with van der Waals surface area (Å²) in [5.41, 5.74) is 6.42. The number of hydrogen-bond donors (Lipinski definition) is 3. The molecular weight excluding hydrogens is 465 g/mol. The molecule has 0 aliphatic carbocycles. The third-order valence-electron chi connectivity index (χ3n) is 4.96. The Balaban J connectivity index is 1.52. The maximum absolute atomic E-state index is 12.5. The van der Waals surface area contributed by atoms with E-state index < -0.39 is 16.7 Å². The minimum absolute atomic E-state index is 0.00683. The number of piperidine rings is 1. The minimum Gasteiger partial charge on any atom is -0.461 e. The fraction of sp³-hybridized carbons (Fsp3) is 0.421. The van der Waals surface area contributed by atoms with Crippen molar-refractivity contribution in [1.82, 2.24) is 20.2 Å². The zero-order valence-corrected chi connectivity index (χ0v) is 19.4. The highest BCUT2D eigenvalue weighted by molar-refractivity contribution is 7.84. The van der Waals surface area contributed by atoms with Gasteiger partial charge < -0.3 is 20.8 Å². The maximum atomic E-state index is 12.5. The van der Waals surface area contributed by atoms with Crippen LogP contribution in [0.3, 0.4) is 0 Å². The number of aromatic amines is 1. The van der Waals surface area contributed by atoms with Crippen molar-refractivity contribution in [3.05, 3.63) is 39.1 Å². The molecule has 168 valence electrons. The lowest BCUT2D eigenvalue weighted by atomic mass is 10.1. The number of nitrogens with two attached hydrogens (primary N) is 1. The molecular formula is C19H23Cl2N5O4S. The number of carbonyl (C=O) groups is 2. The summed E-state index contributed by atoms with van der Waals surface area (Å²) >= 11 is 12.1. The van der Waals surface area contributed by atoms with Gasteiger partial charge in [0.1, 0.15) is 17.5 Å². The zero-order valence-electron chi connectivity index (χ0n) is 17.0. The Labute approximate surface area is 192 Å². The van der Waals surface area contributed by atoms with Crippen molar-refractivity contribution >= 4 is 45.8 Å². The summed E-state index contributed by atoms with van der Waals surface area (Å²) in [7, 11) is -1.38. The Bertz CT molecular complexity index is 989. The molecule has 2 aromatic rings. The van der Waals surface area contributed by atoms with E-state index >= 15 is 0 Å². The lowest BCUT2D eigenvalue weighted by molar-refractivity contribution is 0.0799. The van der Waals surface area contributed by atoms with Gasteiger partial charge in [-0.1, -0.05) is 23.2 Å². The molecule has 1 saturated heterocycles. The van der Waals surface area contributed by atoms with Gasteiger partial charge in [-0.15, -0.1) is 0 Å². The highest BCUT2D eigenvalue weighted by Crippen LogP contribution is 2.29. The lowest BCUT2D eigenvalue weighted by Gasteiger charge is -2.31. The van der Waals surface area contributed by atoms with Crippen LogP contribution in [0, 0.1) is 6.92 Å². The number of amides is 2. The third kappa shape index (κ3) is 5.76. The molecule has 0 saturated carbocycles. The van der Waals surface area contributed by atoms with E-state index in [1.807, 2.05) is 4.90 Å².